The van der Waals surface area contributed by atoms with Gasteiger partial charge in [0.2, 0.25) is 5.91 Å². The first-order chi connectivity index (χ1) is 13.5. The van der Waals surface area contributed by atoms with Crippen molar-refractivity contribution in [3.05, 3.63) is 71.5 Å². The van der Waals surface area contributed by atoms with Crippen LogP contribution in [0.5, 0.6) is 0 Å². The van der Waals surface area contributed by atoms with Crippen LogP contribution in [0.25, 0.3) is 10.8 Å². The van der Waals surface area contributed by atoms with E-state index in [9.17, 15) is 9.59 Å². The monoisotopic (exact) mass is 391 g/mol. The highest BCUT2D eigenvalue weighted by Crippen LogP contribution is 2.27. The van der Waals surface area contributed by atoms with Crippen molar-refractivity contribution in [2.45, 2.75) is 19.9 Å². The fourth-order valence-electron chi connectivity index (χ4n) is 3.46. The number of nitrogens with one attached hydrogen (secondary N) is 1. The van der Waals surface area contributed by atoms with Gasteiger partial charge in [0.1, 0.15) is 11.7 Å². The summed E-state index contributed by atoms with van der Waals surface area (Å²) in [6.45, 7) is 3.98. The summed E-state index contributed by atoms with van der Waals surface area (Å²) in [6, 6.07) is 14.9. The molecular weight excluding hydrogens is 370 g/mol. The van der Waals surface area contributed by atoms with Crippen molar-refractivity contribution in [2.24, 2.45) is 0 Å². The van der Waals surface area contributed by atoms with Crippen LogP contribution in [0.15, 0.2) is 54.7 Å². The average Bonchev–Trinajstić information content (AvgIpc) is 3.19. The Morgan fingerprint density at radius 3 is 2.79 bits per heavy atom. The highest BCUT2D eigenvalue weighted by atomic mass is 32.2. The van der Waals surface area contributed by atoms with Gasteiger partial charge in [-0.1, -0.05) is 42.0 Å². The topological polar surface area (TPSA) is 62.3 Å². The van der Waals surface area contributed by atoms with Crippen LogP contribution in [0.1, 0.15) is 21.6 Å². The molecule has 3 aromatic rings. The van der Waals surface area contributed by atoms with Gasteiger partial charge in [-0.2, -0.15) is 0 Å². The third-order valence-corrected chi connectivity index (χ3v) is 5.97. The predicted octanol–water partition coefficient (Wildman–Crippen LogP) is 4.01. The number of anilines is 1. The molecule has 1 atom stereocenters. The van der Waals surface area contributed by atoms with Gasteiger partial charge in [0, 0.05) is 23.0 Å². The molecule has 2 heterocycles. The van der Waals surface area contributed by atoms with Crippen molar-refractivity contribution >= 4 is 40.0 Å². The Bertz CT molecular complexity index is 1060. The van der Waals surface area contributed by atoms with E-state index >= 15 is 0 Å². The van der Waals surface area contributed by atoms with Gasteiger partial charge >= 0.3 is 0 Å². The van der Waals surface area contributed by atoms with Crippen LogP contribution in [0.2, 0.25) is 0 Å². The van der Waals surface area contributed by atoms with Gasteiger partial charge in [-0.15, -0.1) is 11.8 Å². The van der Waals surface area contributed by atoms with E-state index in [1.54, 1.807) is 22.9 Å². The van der Waals surface area contributed by atoms with Crippen LogP contribution in [-0.4, -0.2) is 39.4 Å². The smallest absolute Gasteiger partial charge is 0.274 e. The summed E-state index contributed by atoms with van der Waals surface area (Å²) < 4.78 is 0. The van der Waals surface area contributed by atoms with Gasteiger partial charge in [0.05, 0.1) is 5.88 Å². The summed E-state index contributed by atoms with van der Waals surface area (Å²) in [7, 11) is 0. The quantitative estimate of drug-likeness (QED) is 0.733. The molecular formula is C22H21N3O2S. The van der Waals surface area contributed by atoms with Gasteiger partial charge < -0.3 is 10.2 Å². The largest absolute Gasteiger partial charge is 0.324 e. The number of thioether (sulfide) groups is 1. The zero-order valence-electron chi connectivity index (χ0n) is 15.8. The minimum Gasteiger partial charge on any atom is -0.324 e. The fraction of sp³-hybridized carbons (Fsp3) is 0.227. The van der Waals surface area contributed by atoms with Crippen LogP contribution in [0.3, 0.4) is 0 Å². The minimum atomic E-state index is -0.515. The lowest BCUT2D eigenvalue weighted by Gasteiger charge is -2.23. The molecule has 2 amide bonds. The first-order valence-electron chi connectivity index (χ1n) is 9.15. The third-order valence-electron chi connectivity index (χ3n) is 4.96. The molecule has 5 nitrogen and oxygen atoms in total. The highest BCUT2D eigenvalue weighted by Gasteiger charge is 2.36. The summed E-state index contributed by atoms with van der Waals surface area (Å²) in [6.07, 6.45) is 1.64. The normalized spacial score (nSPS) is 16.4. The zero-order valence-corrected chi connectivity index (χ0v) is 16.6. The Kier molecular flexibility index (Phi) is 5.05. The number of pyridine rings is 1. The Morgan fingerprint density at radius 2 is 1.96 bits per heavy atom. The number of benzene rings is 2. The predicted molar refractivity (Wildman–Crippen MR) is 114 cm³/mol. The average molecular weight is 391 g/mol. The SMILES string of the molecule is Cc1ccc(NC(=O)C2CSCN2C(=O)c2nccc3ccccc23)c(C)c1. The van der Waals surface area contributed by atoms with Crippen LogP contribution >= 0.6 is 11.8 Å². The highest BCUT2D eigenvalue weighted by molar-refractivity contribution is 7.99. The molecule has 1 aliphatic heterocycles. The molecule has 1 unspecified atom stereocenters. The molecule has 0 bridgehead atoms. The second kappa shape index (κ2) is 7.64. The van der Waals surface area contributed by atoms with Crippen molar-refractivity contribution in [1.82, 2.24) is 9.88 Å². The van der Waals surface area contributed by atoms with Crippen LogP contribution in [0.4, 0.5) is 5.69 Å². The number of amides is 2. The number of nitrogens with zero attached hydrogens (tertiary/aromatic N) is 2. The number of aryl methyl sites for hydroxylation is 2. The maximum Gasteiger partial charge on any atom is 0.274 e. The molecule has 4 rings (SSSR count). The Hall–Kier alpha value is -2.86. The minimum absolute atomic E-state index is 0.162. The molecule has 28 heavy (non-hydrogen) atoms. The zero-order chi connectivity index (χ0) is 19.7. The van der Waals surface area contributed by atoms with Crippen molar-refractivity contribution in [1.29, 1.82) is 0 Å². The van der Waals surface area contributed by atoms with Crippen molar-refractivity contribution in [3.8, 4) is 0 Å². The molecule has 0 spiro atoms. The number of fused-ring (bicyclic) bond motifs is 1. The van der Waals surface area contributed by atoms with Crippen LogP contribution in [-0.2, 0) is 4.79 Å². The fourth-order valence-corrected chi connectivity index (χ4v) is 4.61. The van der Waals surface area contributed by atoms with Crippen molar-refractivity contribution in [2.75, 3.05) is 16.9 Å². The van der Waals surface area contributed by atoms with E-state index in [2.05, 4.69) is 10.3 Å². The molecule has 1 saturated heterocycles. The number of aromatic nitrogens is 1. The van der Waals surface area contributed by atoms with E-state index in [4.69, 9.17) is 0 Å². The number of rotatable bonds is 3. The Balaban J connectivity index is 1.59. The van der Waals surface area contributed by atoms with E-state index < -0.39 is 6.04 Å². The second-order valence-electron chi connectivity index (χ2n) is 6.98. The number of carbonyl (C=O) groups excluding carboxylic acids is 2. The lowest BCUT2D eigenvalue weighted by Crippen LogP contribution is -2.44. The van der Waals surface area contributed by atoms with Gasteiger partial charge in [-0.05, 0) is 36.9 Å². The first-order valence-corrected chi connectivity index (χ1v) is 10.3. The summed E-state index contributed by atoms with van der Waals surface area (Å²) in [4.78, 5) is 32.1. The van der Waals surface area contributed by atoms with E-state index in [1.807, 2.05) is 62.4 Å². The van der Waals surface area contributed by atoms with Crippen LogP contribution < -0.4 is 5.32 Å². The maximum atomic E-state index is 13.2. The van der Waals surface area contributed by atoms with Gasteiger partial charge in [-0.3, -0.25) is 14.6 Å². The third kappa shape index (κ3) is 3.47. The van der Waals surface area contributed by atoms with Gasteiger partial charge in [0.25, 0.3) is 5.91 Å². The maximum absolute atomic E-state index is 13.2. The summed E-state index contributed by atoms with van der Waals surface area (Å²) in [5, 5.41) is 4.75. The molecule has 6 heteroatoms. The molecule has 0 saturated carbocycles. The molecule has 2 aromatic carbocycles. The molecule has 1 aromatic heterocycles. The van der Waals surface area contributed by atoms with E-state index in [-0.39, 0.29) is 11.8 Å². The van der Waals surface area contributed by atoms with Gasteiger partial charge in [-0.25, -0.2) is 0 Å². The molecule has 0 aliphatic carbocycles. The number of carbonyl (C=O) groups is 2. The molecule has 1 fully saturated rings. The van der Waals surface area contributed by atoms with E-state index in [0.717, 1.165) is 27.6 Å². The lowest BCUT2D eigenvalue weighted by atomic mass is 10.1. The van der Waals surface area contributed by atoms with Gasteiger partial charge in [0.15, 0.2) is 0 Å². The summed E-state index contributed by atoms with van der Waals surface area (Å²) >= 11 is 1.58. The summed E-state index contributed by atoms with van der Waals surface area (Å²) in [5.41, 5.74) is 3.33. The number of hydrogen-bond donors (Lipinski definition) is 1. The van der Waals surface area contributed by atoms with E-state index in [1.165, 1.54) is 0 Å². The standard InChI is InChI=1S/C22H21N3O2S/c1-14-7-8-18(15(2)11-14)24-21(26)19-12-28-13-25(19)22(27)20-17-6-4-3-5-16(17)9-10-23-20/h3-11,19H,12-13H2,1-2H3,(H,24,26). The lowest BCUT2D eigenvalue weighted by molar-refractivity contribution is -0.119. The Morgan fingerprint density at radius 1 is 1.14 bits per heavy atom. The molecule has 1 aliphatic rings. The Labute approximate surface area is 168 Å². The number of hydrogen-bond acceptors (Lipinski definition) is 4. The van der Waals surface area contributed by atoms with E-state index in [0.29, 0.717) is 17.3 Å². The summed E-state index contributed by atoms with van der Waals surface area (Å²) in [5.74, 6) is 0.690. The molecule has 0 radical (unpaired) electrons. The molecule has 1 N–H and O–H groups in total. The molecule has 142 valence electrons. The van der Waals surface area contributed by atoms with Crippen molar-refractivity contribution in [3.63, 3.8) is 0 Å². The second-order valence-corrected chi connectivity index (χ2v) is 7.98. The van der Waals surface area contributed by atoms with Crippen molar-refractivity contribution < 1.29 is 9.59 Å². The first kappa shape index (κ1) is 18.5. The van der Waals surface area contributed by atoms with Crippen LogP contribution in [0, 0.1) is 13.8 Å².